The van der Waals surface area contributed by atoms with Gasteiger partial charge in [-0.05, 0) is 30.9 Å². The SMILES string of the molecule is CCCCc1csc(-c2cccc(NS(=O)(=O)O)c2CC)n1. The molecule has 0 atom stereocenters. The minimum atomic E-state index is -4.28. The van der Waals surface area contributed by atoms with E-state index in [-0.39, 0.29) is 0 Å². The Hall–Kier alpha value is -1.44. The molecule has 0 bridgehead atoms. The van der Waals surface area contributed by atoms with Gasteiger partial charge in [0.1, 0.15) is 5.01 Å². The second-order valence-corrected chi connectivity index (χ2v) is 7.02. The molecule has 0 spiro atoms. The Balaban J connectivity index is 2.38. The third-order valence-corrected chi connectivity index (χ3v) is 4.74. The highest BCUT2D eigenvalue weighted by molar-refractivity contribution is 7.87. The third-order valence-electron chi connectivity index (χ3n) is 3.34. The molecule has 2 rings (SSSR count). The van der Waals surface area contributed by atoms with Crippen LogP contribution in [0.4, 0.5) is 5.69 Å². The maximum atomic E-state index is 11.1. The van der Waals surface area contributed by atoms with Crippen molar-refractivity contribution in [1.29, 1.82) is 0 Å². The Bertz CT molecular complexity index is 739. The minimum Gasteiger partial charge on any atom is -0.269 e. The van der Waals surface area contributed by atoms with Crippen molar-refractivity contribution >= 4 is 27.3 Å². The van der Waals surface area contributed by atoms with Crippen LogP contribution in [0.5, 0.6) is 0 Å². The highest BCUT2D eigenvalue weighted by Gasteiger charge is 2.14. The average Bonchev–Trinajstić information content (AvgIpc) is 2.91. The summed E-state index contributed by atoms with van der Waals surface area (Å²) in [5.41, 5.74) is 3.20. The summed E-state index contributed by atoms with van der Waals surface area (Å²) in [4.78, 5) is 4.64. The number of thiazole rings is 1. The summed E-state index contributed by atoms with van der Waals surface area (Å²) in [5.74, 6) is 0. The van der Waals surface area contributed by atoms with Crippen LogP contribution >= 0.6 is 11.3 Å². The van der Waals surface area contributed by atoms with Crippen LogP contribution in [-0.2, 0) is 23.1 Å². The van der Waals surface area contributed by atoms with Gasteiger partial charge in [-0.1, -0.05) is 32.4 Å². The molecule has 0 aliphatic rings. The molecule has 0 unspecified atom stereocenters. The molecule has 5 nitrogen and oxygen atoms in total. The van der Waals surface area contributed by atoms with E-state index in [4.69, 9.17) is 4.55 Å². The molecule has 1 aromatic heterocycles. The highest BCUT2D eigenvalue weighted by Crippen LogP contribution is 2.32. The quantitative estimate of drug-likeness (QED) is 0.749. The first-order chi connectivity index (χ1) is 10.4. The van der Waals surface area contributed by atoms with Crippen molar-refractivity contribution in [2.45, 2.75) is 39.5 Å². The molecule has 0 saturated heterocycles. The van der Waals surface area contributed by atoms with E-state index in [1.165, 1.54) is 0 Å². The molecule has 0 aliphatic heterocycles. The number of hydrogen-bond donors (Lipinski definition) is 2. The summed E-state index contributed by atoms with van der Waals surface area (Å²) in [6.45, 7) is 4.09. The lowest BCUT2D eigenvalue weighted by atomic mass is 10.0. The monoisotopic (exact) mass is 340 g/mol. The van der Waals surface area contributed by atoms with E-state index in [9.17, 15) is 8.42 Å². The third kappa shape index (κ3) is 4.28. The van der Waals surface area contributed by atoms with Gasteiger partial charge >= 0.3 is 10.3 Å². The highest BCUT2D eigenvalue weighted by atomic mass is 32.2. The summed E-state index contributed by atoms with van der Waals surface area (Å²) in [6, 6.07) is 5.33. The van der Waals surface area contributed by atoms with Crippen LogP contribution < -0.4 is 4.72 Å². The van der Waals surface area contributed by atoms with E-state index < -0.39 is 10.3 Å². The van der Waals surface area contributed by atoms with Gasteiger partial charge in [0.2, 0.25) is 0 Å². The number of nitrogens with one attached hydrogen (secondary N) is 1. The predicted molar refractivity (Wildman–Crippen MR) is 90.7 cm³/mol. The molecule has 2 aromatic rings. The van der Waals surface area contributed by atoms with Gasteiger partial charge in [0.15, 0.2) is 0 Å². The first kappa shape index (κ1) is 16.9. The van der Waals surface area contributed by atoms with E-state index in [0.717, 1.165) is 41.1 Å². The van der Waals surface area contributed by atoms with Gasteiger partial charge in [-0.3, -0.25) is 9.27 Å². The van der Waals surface area contributed by atoms with Crippen molar-refractivity contribution in [3.63, 3.8) is 0 Å². The molecular weight excluding hydrogens is 320 g/mol. The molecule has 0 aliphatic carbocycles. The first-order valence-electron chi connectivity index (χ1n) is 7.26. The van der Waals surface area contributed by atoms with E-state index in [1.807, 2.05) is 18.4 Å². The zero-order chi connectivity index (χ0) is 16.2. The summed E-state index contributed by atoms with van der Waals surface area (Å²) in [6.07, 6.45) is 3.82. The Morgan fingerprint density at radius 3 is 2.73 bits per heavy atom. The lowest BCUT2D eigenvalue weighted by Crippen LogP contribution is -2.12. The summed E-state index contributed by atoms with van der Waals surface area (Å²) < 4.78 is 33.3. The Morgan fingerprint density at radius 1 is 1.32 bits per heavy atom. The second kappa shape index (κ2) is 7.21. The fourth-order valence-corrected chi connectivity index (χ4v) is 3.68. The standard InChI is InChI=1S/C15H20N2O3S2/c1-3-5-7-11-10-21-15(16-11)13-8-6-9-14(12(13)4-2)17-22(18,19)20/h6,8-10,17H,3-5,7H2,1-2H3,(H,18,19,20). The van der Waals surface area contributed by atoms with E-state index in [2.05, 4.69) is 16.6 Å². The van der Waals surface area contributed by atoms with Crippen LogP contribution in [0.3, 0.4) is 0 Å². The minimum absolute atomic E-state index is 0.396. The normalized spacial score (nSPS) is 11.6. The van der Waals surface area contributed by atoms with Crippen molar-refractivity contribution in [2.75, 3.05) is 4.72 Å². The Morgan fingerprint density at radius 2 is 2.09 bits per heavy atom. The maximum Gasteiger partial charge on any atom is 0.357 e. The van der Waals surface area contributed by atoms with Crippen molar-refractivity contribution in [1.82, 2.24) is 4.98 Å². The maximum absolute atomic E-state index is 11.1. The van der Waals surface area contributed by atoms with E-state index in [0.29, 0.717) is 12.1 Å². The van der Waals surface area contributed by atoms with Gasteiger partial charge in [0, 0.05) is 10.9 Å². The molecule has 0 radical (unpaired) electrons. The van der Waals surface area contributed by atoms with Gasteiger partial charge in [-0.2, -0.15) is 8.42 Å². The second-order valence-electron chi connectivity index (χ2n) is 5.01. The molecule has 22 heavy (non-hydrogen) atoms. The van der Waals surface area contributed by atoms with Crippen LogP contribution in [-0.4, -0.2) is 18.0 Å². The van der Waals surface area contributed by atoms with Crippen LogP contribution in [0, 0.1) is 0 Å². The number of unbranched alkanes of at least 4 members (excludes halogenated alkanes) is 1. The number of nitrogens with zero attached hydrogens (tertiary/aromatic N) is 1. The van der Waals surface area contributed by atoms with Crippen LogP contribution in [0.25, 0.3) is 10.6 Å². The number of aryl methyl sites for hydroxylation is 1. The number of rotatable bonds is 7. The first-order valence-corrected chi connectivity index (χ1v) is 9.58. The molecule has 120 valence electrons. The molecule has 0 saturated carbocycles. The van der Waals surface area contributed by atoms with Gasteiger partial charge < -0.3 is 0 Å². The van der Waals surface area contributed by atoms with Crippen molar-refractivity contribution in [2.24, 2.45) is 0 Å². The largest absolute Gasteiger partial charge is 0.357 e. The van der Waals surface area contributed by atoms with Gasteiger partial charge in [0.25, 0.3) is 0 Å². The van der Waals surface area contributed by atoms with Crippen molar-refractivity contribution in [3.8, 4) is 10.6 Å². The van der Waals surface area contributed by atoms with E-state index >= 15 is 0 Å². The summed E-state index contributed by atoms with van der Waals surface area (Å²) in [5, 5.41) is 2.93. The van der Waals surface area contributed by atoms with Crippen LogP contribution in [0.1, 0.15) is 37.9 Å². The Kier molecular flexibility index (Phi) is 5.55. The predicted octanol–water partition coefficient (Wildman–Crippen LogP) is 3.93. The number of aromatic nitrogens is 1. The smallest absolute Gasteiger partial charge is 0.269 e. The molecule has 1 aromatic carbocycles. The lowest BCUT2D eigenvalue weighted by molar-refractivity contribution is 0.489. The fourth-order valence-electron chi connectivity index (χ4n) is 2.31. The average molecular weight is 340 g/mol. The number of hydrogen-bond acceptors (Lipinski definition) is 4. The molecule has 2 N–H and O–H groups in total. The zero-order valence-corrected chi connectivity index (χ0v) is 14.3. The van der Waals surface area contributed by atoms with Gasteiger partial charge in [-0.25, -0.2) is 4.98 Å². The van der Waals surface area contributed by atoms with Crippen LogP contribution in [0.15, 0.2) is 23.6 Å². The fraction of sp³-hybridized carbons (Fsp3) is 0.400. The summed E-state index contributed by atoms with van der Waals surface area (Å²) in [7, 11) is -4.28. The molecule has 1 heterocycles. The topological polar surface area (TPSA) is 79.3 Å². The van der Waals surface area contributed by atoms with Crippen LogP contribution in [0.2, 0.25) is 0 Å². The number of anilines is 1. The van der Waals surface area contributed by atoms with Gasteiger partial charge in [0.05, 0.1) is 11.4 Å². The van der Waals surface area contributed by atoms with Crippen molar-refractivity contribution in [3.05, 3.63) is 34.8 Å². The summed E-state index contributed by atoms with van der Waals surface area (Å²) >= 11 is 1.56. The van der Waals surface area contributed by atoms with Crippen molar-refractivity contribution < 1.29 is 13.0 Å². The zero-order valence-electron chi connectivity index (χ0n) is 12.7. The Labute approximate surface area is 135 Å². The lowest BCUT2D eigenvalue weighted by Gasteiger charge is -2.12. The molecule has 0 fully saturated rings. The molecule has 0 amide bonds. The van der Waals surface area contributed by atoms with Gasteiger partial charge in [-0.15, -0.1) is 11.3 Å². The number of benzene rings is 1. The van der Waals surface area contributed by atoms with E-state index in [1.54, 1.807) is 23.5 Å². The molecular formula is C15H20N2O3S2. The molecule has 7 heteroatoms.